The van der Waals surface area contributed by atoms with E-state index in [0.29, 0.717) is 12.1 Å². The molecular formula is C13H13N3O3. The maximum absolute atomic E-state index is 11.9. The lowest BCUT2D eigenvalue weighted by Crippen LogP contribution is -2.06. The van der Waals surface area contributed by atoms with Gasteiger partial charge in [0.1, 0.15) is 12.4 Å². The molecule has 0 aliphatic carbocycles. The molecule has 0 radical (unpaired) electrons. The Hall–Kier alpha value is -2.50. The van der Waals surface area contributed by atoms with E-state index in [2.05, 4.69) is 5.10 Å². The maximum Gasteiger partial charge on any atom is 0.306 e. The minimum absolute atomic E-state index is 0.00171. The van der Waals surface area contributed by atoms with E-state index >= 15 is 0 Å². The molecule has 6 heteroatoms. The number of carbonyl (C=O) groups excluding carboxylic acids is 1. The van der Waals surface area contributed by atoms with Crippen LogP contribution in [0.25, 0.3) is 0 Å². The number of rotatable bonds is 5. The van der Waals surface area contributed by atoms with Crippen molar-refractivity contribution in [2.45, 2.75) is 19.9 Å². The second-order valence-electron chi connectivity index (χ2n) is 4.26. The highest BCUT2D eigenvalue weighted by atomic mass is 16.6. The van der Waals surface area contributed by atoms with Crippen molar-refractivity contribution in [2.75, 3.05) is 0 Å². The number of nitro groups is 1. The van der Waals surface area contributed by atoms with E-state index in [1.165, 1.54) is 17.1 Å². The smallest absolute Gasteiger partial charge is 0.294 e. The minimum atomic E-state index is -0.509. The topological polar surface area (TPSA) is 78.0 Å². The number of benzene rings is 1. The number of aromatic nitrogens is 2. The van der Waals surface area contributed by atoms with Gasteiger partial charge in [-0.15, -0.1) is 0 Å². The molecule has 6 nitrogen and oxygen atoms in total. The highest BCUT2D eigenvalue weighted by molar-refractivity contribution is 5.95. The van der Waals surface area contributed by atoms with E-state index in [4.69, 9.17) is 0 Å². The fourth-order valence-electron chi connectivity index (χ4n) is 1.67. The Balaban J connectivity index is 1.96. The van der Waals surface area contributed by atoms with Crippen molar-refractivity contribution in [3.05, 3.63) is 57.9 Å². The quantitative estimate of drug-likeness (QED) is 0.469. The van der Waals surface area contributed by atoms with Gasteiger partial charge in [0.05, 0.1) is 4.92 Å². The molecule has 98 valence electrons. The summed E-state index contributed by atoms with van der Waals surface area (Å²) in [6.07, 6.45) is 2.76. The molecule has 0 N–H and O–H groups in total. The first-order valence-corrected chi connectivity index (χ1v) is 5.83. The molecule has 0 spiro atoms. The van der Waals surface area contributed by atoms with Crippen molar-refractivity contribution < 1.29 is 9.72 Å². The largest absolute Gasteiger partial charge is 0.306 e. The molecule has 0 aliphatic rings. The lowest BCUT2D eigenvalue weighted by atomic mass is 10.1. The van der Waals surface area contributed by atoms with Gasteiger partial charge < -0.3 is 0 Å². The predicted molar refractivity (Wildman–Crippen MR) is 69.0 cm³/mol. The monoisotopic (exact) mass is 259 g/mol. The predicted octanol–water partition coefficient (Wildman–Crippen LogP) is 2.37. The molecule has 0 amide bonds. The maximum atomic E-state index is 11.9. The first-order chi connectivity index (χ1) is 9.06. The van der Waals surface area contributed by atoms with Gasteiger partial charge in [0.25, 0.3) is 0 Å². The minimum Gasteiger partial charge on any atom is -0.294 e. The van der Waals surface area contributed by atoms with Crippen LogP contribution in [0.4, 0.5) is 5.69 Å². The van der Waals surface area contributed by atoms with Crippen molar-refractivity contribution in [2.24, 2.45) is 0 Å². The Morgan fingerprint density at radius 3 is 2.63 bits per heavy atom. The molecular weight excluding hydrogens is 246 g/mol. The van der Waals surface area contributed by atoms with Crippen LogP contribution in [-0.2, 0) is 6.54 Å². The number of Topliss-reactive ketones (excluding diaryl/α,β-unsaturated/α-hetero) is 1. The summed E-state index contributed by atoms with van der Waals surface area (Å²) < 4.78 is 1.41. The van der Waals surface area contributed by atoms with E-state index in [1.807, 2.05) is 19.1 Å². The van der Waals surface area contributed by atoms with Crippen molar-refractivity contribution in [1.82, 2.24) is 9.78 Å². The molecule has 1 aromatic carbocycles. The van der Waals surface area contributed by atoms with Gasteiger partial charge in [-0.25, -0.2) is 0 Å². The average molecular weight is 259 g/mol. The zero-order chi connectivity index (χ0) is 13.8. The van der Waals surface area contributed by atoms with Crippen LogP contribution < -0.4 is 0 Å². The van der Waals surface area contributed by atoms with Gasteiger partial charge in [-0.3, -0.25) is 19.6 Å². The van der Waals surface area contributed by atoms with E-state index in [1.54, 1.807) is 12.1 Å². The SMILES string of the molecule is Cc1ccc(C(=O)CCn2cc([N+](=O)[O-])cn2)cc1. The van der Waals surface area contributed by atoms with Gasteiger partial charge >= 0.3 is 5.69 Å². The van der Waals surface area contributed by atoms with Crippen LogP contribution >= 0.6 is 0 Å². The molecule has 1 aromatic heterocycles. The summed E-state index contributed by atoms with van der Waals surface area (Å²) in [5.41, 5.74) is 1.68. The summed E-state index contributed by atoms with van der Waals surface area (Å²) in [7, 11) is 0. The Bertz CT molecular complexity index is 602. The van der Waals surface area contributed by atoms with Crippen LogP contribution in [0.5, 0.6) is 0 Å². The van der Waals surface area contributed by atoms with Crippen molar-refractivity contribution in [3.8, 4) is 0 Å². The van der Waals surface area contributed by atoms with Gasteiger partial charge in [-0.2, -0.15) is 5.10 Å². The molecule has 0 bridgehead atoms. The van der Waals surface area contributed by atoms with Crippen molar-refractivity contribution in [1.29, 1.82) is 0 Å². The number of ketones is 1. The second kappa shape index (κ2) is 5.43. The summed E-state index contributed by atoms with van der Waals surface area (Å²) >= 11 is 0. The first-order valence-electron chi connectivity index (χ1n) is 5.83. The molecule has 0 unspecified atom stereocenters. The van der Waals surface area contributed by atoms with Gasteiger partial charge in [0, 0.05) is 18.5 Å². The molecule has 19 heavy (non-hydrogen) atoms. The lowest BCUT2D eigenvalue weighted by Gasteiger charge is -2.02. The molecule has 0 aliphatic heterocycles. The number of carbonyl (C=O) groups is 1. The summed E-state index contributed by atoms with van der Waals surface area (Å²) in [5, 5.41) is 14.3. The zero-order valence-corrected chi connectivity index (χ0v) is 10.4. The van der Waals surface area contributed by atoms with Gasteiger partial charge in [0.15, 0.2) is 5.78 Å². The van der Waals surface area contributed by atoms with Crippen molar-refractivity contribution >= 4 is 11.5 Å². The van der Waals surface area contributed by atoms with E-state index < -0.39 is 4.92 Å². The zero-order valence-electron chi connectivity index (χ0n) is 10.4. The van der Waals surface area contributed by atoms with E-state index in [0.717, 1.165) is 5.56 Å². The Labute approximate surface area is 109 Å². The van der Waals surface area contributed by atoms with E-state index in [9.17, 15) is 14.9 Å². The van der Waals surface area contributed by atoms with Gasteiger partial charge in [-0.1, -0.05) is 29.8 Å². The third kappa shape index (κ3) is 3.25. The van der Waals surface area contributed by atoms with Crippen LogP contribution in [0.3, 0.4) is 0 Å². The molecule has 0 fully saturated rings. The normalized spacial score (nSPS) is 10.4. The third-order valence-electron chi connectivity index (χ3n) is 2.77. The molecule has 1 heterocycles. The third-order valence-corrected chi connectivity index (χ3v) is 2.77. The molecule has 0 saturated heterocycles. The van der Waals surface area contributed by atoms with Crippen LogP contribution in [-0.4, -0.2) is 20.5 Å². The molecule has 0 atom stereocenters. The van der Waals surface area contributed by atoms with Crippen LogP contribution in [0.1, 0.15) is 22.3 Å². The lowest BCUT2D eigenvalue weighted by molar-refractivity contribution is -0.385. The number of aryl methyl sites for hydroxylation is 2. The summed E-state index contributed by atoms with van der Waals surface area (Å²) in [4.78, 5) is 21.9. The first kappa shape index (κ1) is 12.9. The highest BCUT2D eigenvalue weighted by Crippen LogP contribution is 2.10. The molecule has 0 saturated carbocycles. The molecule has 2 rings (SSSR count). The van der Waals surface area contributed by atoms with Crippen LogP contribution in [0.15, 0.2) is 36.7 Å². The number of hydrogen-bond donors (Lipinski definition) is 0. The average Bonchev–Trinajstić information content (AvgIpc) is 2.86. The summed E-state index contributed by atoms with van der Waals surface area (Å²) in [6, 6.07) is 7.32. The number of nitrogens with zero attached hydrogens (tertiary/aromatic N) is 3. The Morgan fingerprint density at radius 2 is 2.05 bits per heavy atom. The van der Waals surface area contributed by atoms with Gasteiger partial charge in [0.2, 0.25) is 0 Å². The second-order valence-corrected chi connectivity index (χ2v) is 4.26. The summed E-state index contributed by atoms with van der Waals surface area (Å²) in [6.45, 7) is 2.29. The number of hydrogen-bond acceptors (Lipinski definition) is 4. The molecule has 2 aromatic rings. The van der Waals surface area contributed by atoms with Gasteiger partial charge in [-0.05, 0) is 6.92 Å². The fraction of sp³-hybridized carbons (Fsp3) is 0.231. The Kier molecular flexibility index (Phi) is 3.70. The van der Waals surface area contributed by atoms with Crippen molar-refractivity contribution in [3.63, 3.8) is 0 Å². The van der Waals surface area contributed by atoms with Crippen LogP contribution in [0, 0.1) is 17.0 Å². The van der Waals surface area contributed by atoms with E-state index in [-0.39, 0.29) is 17.9 Å². The standard InChI is InChI=1S/C13H13N3O3/c1-10-2-4-11(5-3-10)13(17)6-7-15-9-12(8-14-15)16(18)19/h2-5,8-9H,6-7H2,1H3. The Morgan fingerprint density at radius 1 is 1.37 bits per heavy atom. The van der Waals surface area contributed by atoms with Crippen LogP contribution in [0.2, 0.25) is 0 Å². The fourth-order valence-corrected chi connectivity index (χ4v) is 1.67. The summed E-state index contributed by atoms with van der Waals surface area (Å²) in [5.74, 6) is -0.00171. The highest BCUT2D eigenvalue weighted by Gasteiger charge is 2.10.